The van der Waals surface area contributed by atoms with Crippen molar-refractivity contribution < 1.29 is 9.53 Å². The first-order valence-corrected chi connectivity index (χ1v) is 8.43. The summed E-state index contributed by atoms with van der Waals surface area (Å²) in [6.45, 7) is 2.46. The van der Waals surface area contributed by atoms with Gasteiger partial charge in [-0.3, -0.25) is 4.79 Å². The Morgan fingerprint density at radius 3 is 2.58 bits per heavy atom. The Morgan fingerprint density at radius 2 is 2.00 bits per heavy atom. The van der Waals surface area contributed by atoms with Crippen molar-refractivity contribution in [2.75, 3.05) is 25.2 Å². The number of hydrogen-bond donors (Lipinski definition) is 1. The van der Waals surface area contributed by atoms with E-state index in [1.807, 2.05) is 42.6 Å². The molecule has 104 valence electrons. The Bertz CT molecular complexity index is 416. The van der Waals surface area contributed by atoms with Crippen LogP contribution in [0.25, 0.3) is 0 Å². The zero-order valence-corrected chi connectivity index (χ0v) is 12.9. The molecule has 1 aromatic carbocycles. The van der Waals surface area contributed by atoms with E-state index < -0.39 is 0 Å². The van der Waals surface area contributed by atoms with Gasteiger partial charge in [0.15, 0.2) is 0 Å². The lowest BCUT2D eigenvalue weighted by atomic mass is 10.1. The van der Waals surface area contributed by atoms with Crippen LogP contribution in [0, 0.1) is 0 Å². The van der Waals surface area contributed by atoms with E-state index in [4.69, 9.17) is 4.74 Å². The van der Waals surface area contributed by atoms with E-state index in [1.54, 1.807) is 7.11 Å². The zero-order valence-electron chi connectivity index (χ0n) is 11.2. The molecule has 1 N–H and O–H groups in total. The van der Waals surface area contributed by atoms with Crippen LogP contribution in [0.3, 0.4) is 0 Å². The van der Waals surface area contributed by atoms with Gasteiger partial charge in [0.2, 0.25) is 0 Å². The molecule has 19 heavy (non-hydrogen) atoms. The molecule has 0 bridgehead atoms. The van der Waals surface area contributed by atoms with Gasteiger partial charge in [0.1, 0.15) is 0 Å². The molecule has 1 unspecified atom stereocenters. The zero-order chi connectivity index (χ0) is 13.7. The quantitative estimate of drug-likeness (QED) is 0.907. The molecule has 0 radical (unpaired) electrons. The minimum atomic E-state index is -0.0390. The van der Waals surface area contributed by atoms with E-state index >= 15 is 0 Å². The van der Waals surface area contributed by atoms with Crippen molar-refractivity contribution in [3.63, 3.8) is 0 Å². The van der Waals surface area contributed by atoms with Crippen LogP contribution in [0.2, 0.25) is 0 Å². The highest BCUT2D eigenvalue weighted by molar-refractivity contribution is 8.19. The summed E-state index contributed by atoms with van der Waals surface area (Å²) in [5.41, 5.74) is 2.01. The van der Waals surface area contributed by atoms with Crippen LogP contribution in [0.4, 0.5) is 0 Å². The lowest BCUT2D eigenvalue weighted by Gasteiger charge is -2.13. The molecule has 1 fully saturated rings. The van der Waals surface area contributed by atoms with Crippen LogP contribution in [0.5, 0.6) is 0 Å². The summed E-state index contributed by atoms with van der Waals surface area (Å²) in [6.07, 6.45) is 0. The van der Waals surface area contributed by atoms with E-state index in [2.05, 4.69) is 17.4 Å². The molecule has 1 aliphatic heterocycles. The minimum absolute atomic E-state index is 0.0260. The second-order valence-corrected chi connectivity index (χ2v) is 7.25. The van der Waals surface area contributed by atoms with Crippen molar-refractivity contribution in [1.29, 1.82) is 0 Å². The van der Waals surface area contributed by atoms with Crippen LogP contribution in [0.1, 0.15) is 27.4 Å². The number of carbonyl (C=O) groups excluding carboxylic acids is 1. The van der Waals surface area contributed by atoms with Crippen LogP contribution in [-0.4, -0.2) is 37.2 Å². The predicted octanol–water partition coefficient (Wildman–Crippen LogP) is 2.93. The number of benzene rings is 1. The van der Waals surface area contributed by atoms with Crippen LogP contribution >= 0.6 is 23.5 Å². The normalized spacial score (nSPS) is 17.4. The number of rotatable bonds is 5. The predicted molar refractivity (Wildman–Crippen MR) is 82.9 cm³/mol. The summed E-state index contributed by atoms with van der Waals surface area (Å²) in [4.78, 5) is 12.0. The smallest absolute Gasteiger partial charge is 0.251 e. The molecule has 0 spiro atoms. The van der Waals surface area contributed by atoms with Crippen molar-refractivity contribution in [3.8, 4) is 0 Å². The topological polar surface area (TPSA) is 38.3 Å². The highest BCUT2D eigenvalue weighted by atomic mass is 32.2. The maximum atomic E-state index is 12.0. The monoisotopic (exact) mass is 297 g/mol. The van der Waals surface area contributed by atoms with Crippen LogP contribution < -0.4 is 5.32 Å². The first-order valence-electron chi connectivity index (χ1n) is 6.33. The van der Waals surface area contributed by atoms with E-state index in [-0.39, 0.29) is 11.9 Å². The molecule has 1 heterocycles. The van der Waals surface area contributed by atoms with Gasteiger partial charge in [0, 0.05) is 30.2 Å². The van der Waals surface area contributed by atoms with Crippen molar-refractivity contribution in [2.24, 2.45) is 0 Å². The Balaban J connectivity index is 1.95. The molecule has 1 amide bonds. The van der Waals surface area contributed by atoms with Crippen molar-refractivity contribution in [2.45, 2.75) is 17.5 Å². The molecule has 0 saturated carbocycles. The van der Waals surface area contributed by atoms with Gasteiger partial charge in [0.05, 0.1) is 11.2 Å². The molecule has 0 aromatic heterocycles. The molecule has 2 rings (SSSR count). The fraction of sp³-hybridized carbons (Fsp3) is 0.500. The summed E-state index contributed by atoms with van der Waals surface area (Å²) >= 11 is 3.95. The van der Waals surface area contributed by atoms with Crippen molar-refractivity contribution >= 4 is 29.4 Å². The van der Waals surface area contributed by atoms with Gasteiger partial charge in [-0.05, 0) is 24.6 Å². The number of thioether (sulfide) groups is 2. The molecule has 1 saturated heterocycles. The summed E-state index contributed by atoms with van der Waals surface area (Å²) < 4.78 is 5.54. The maximum Gasteiger partial charge on any atom is 0.251 e. The number of ether oxygens (including phenoxy) is 1. The standard InChI is InChI=1S/C14H19NO2S2/c1-10(9-17-2)15-13(16)11-3-5-12(6-4-11)14-18-7-8-19-14/h3-6,10,14H,7-9H2,1-2H3,(H,15,16). The third-order valence-corrected chi connectivity index (χ3v) is 5.97. The summed E-state index contributed by atoms with van der Waals surface area (Å²) in [6, 6.07) is 7.96. The van der Waals surface area contributed by atoms with Gasteiger partial charge in [-0.2, -0.15) is 0 Å². The molecular formula is C14H19NO2S2. The third kappa shape index (κ3) is 4.16. The largest absolute Gasteiger partial charge is 0.383 e. The number of nitrogens with one attached hydrogen (secondary N) is 1. The highest BCUT2D eigenvalue weighted by Gasteiger charge is 2.18. The Labute approximate surface area is 122 Å². The summed E-state index contributed by atoms with van der Waals surface area (Å²) in [5.74, 6) is 2.39. The number of hydrogen-bond acceptors (Lipinski definition) is 4. The minimum Gasteiger partial charge on any atom is -0.383 e. The second-order valence-electron chi connectivity index (χ2n) is 4.53. The first-order chi connectivity index (χ1) is 9.20. The van der Waals surface area contributed by atoms with Crippen molar-refractivity contribution in [3.05, 3.63) is 35.4 Å². The molecule has 5 heteroatoms. The molecule has 1 aliphatic rings. The fourth-order valence-corrected chi connectivity index (χ4v) is 4.80. The number of amides is 1. The average molecular weight is 297 g/mol. The Morgan fingerprint density at radius 1 is 1.37 bits per heavy atom. The molecule has 3 nitrogen and oxygen atoms in total. The number of carbonyl (C=O) groups is 1. The molecule has 1 atom stereocenters. The lowest BCUT2D eigenvalue weighted by molar-refractivity contribution is 0.0905. The molecule has 1 aromatic rings. The first kappa shape index (κ1) is 14.8. The van der Waals surface area contributed by atoms with Gasteiger partial charge in [-0.15, -0.1) is 23.5 Å². The average Bonchev–Trinajstić information content (AvgIpc) is 2.93. The number of methoxy groups -OCH3 is 1. The second kappa shape index (κ2) is 7.22. The van der Waals surface area contributed by atoms with E-state index in [9.17, 15) is 4.79 Å². The van der Waals surface area contributed by atoms with Gasteiger partial charge in [-0.25, -0.2) is 0 Å². The summed E-state index contributed by atoms with van der Waals surface area (Å²) in [7, 11) is 1.63. The van der Waals surface area contributed by atoms with Crippen molar-refractivity contribution in [1.82, 2.24) is 5.32 Å². The third-order valence-electron chi connectivity index (χ3n) is 2.86. The van der Waals surface area contributed by atoms with Crippen LogP contribution in [-0.2, 0) is 4.74 Å². The van der Waals surface area contributed by atoms with Gasteiger partial charge >= 0.3 is 0 Å². The highest BCUT2D eigenvalue weighted by Crippen LogP contribution is 2.45. The summed E-state index contributed by atoms with van der Waals surface area (Å²) in [5, 5.41) is 2.91. The van der Waals surface area contributed by atoms with E-state index in [1.165, 1.54) is 17.1 Å². The van der Waals surface area contributed by atoms with E-state index in [0.29, 0.717) is 16.8 Å². The fourth-order valence-electron chi connectivity index (χ4n) is 1.94. The SMILES string of the molecule is COCC(C)NC(=O)c1ccc(C2SCCS2)cc1. The Hall–Kier alpha value is -0.650. The van der Waals surface area contributed by atoms with Crippen LogP contribution in [0.15, 0.2) is 24.3 Å². The maximum absolute atomic E-state index is 12.0. The van der Waals surface area contributed by atoms with E-state index in [0.717, 1.165) is 0 Å². The molecule has 0 aliphatic carbocycles. The van der Waals surface area contributed by atoms with Gasteiger partial charge in [0.25, 0.3) is 5.91 Å². The molecular weight excluding hydrogens is 278 g/mol. The lowest BCUT2D eigenvalue weighted by Crippen LogP contribution is -2.35. The Kier molecular flexibility index (Phi) is 5.60. The van der Waals surface area contributed by atoms with Gasteiger partial charge < -0.3 is 10.1 Å². The van der Waals surface area contributed by atoms with Gasteiger partial charge in [-0.1, -0.05) is 12.1 Å².